The third kappa shape index (κ3) is 3.67. The molecule has 0 saturated carbocycles. The molecule has 38 heavy (non-hydrogen) atoms. The zero-order chi connectivity index (χ0) is 26.9. The molecule has 2 amide bonds. The molecular formula is C27H27F2N7O2. The van der Waals surface area contributed by atoms with E-state index in [1.807, 2.05) is 23.6 Å². The fourth-order valence-corrected chi connectivity index (χ4v) is 5.56. The van der Waals surface area contributed by atoms with Gasteiger partial charge in [0, 0.05) is 62.4 Å². The zero-order valence-corrected chi connectivity index (χ0v) is 21.5. The number of carbonyl (C=O) groups excluding carboxylic acids is 2. The minimum absolute atomic E-state index is 0.000156. The number of aromatic nitrogens is 5. The lowest BCUT2D eigenvalue weighted by molar-refractivity contribution is -0.136. The summed E-state index contributed by atoms with van der Waals surface area (Å²) in [7, 11) is 3.48. The summed E-state index contributed by atoms with van der Waals surface area (Å²) in [5.41, 5.74) is 3.28. The molecular weight excluding hydrogens is 492 g/mol. The van der Waals surface area contributed by atoms with E-state index in [-0.39, 0.29) is 29.0 Å². The van der Waals surface area contributed by atoms with Crippen molar-refractivity contribution in [2.24, 2.45) is 7.05 Å². The molecule has 0 N–H and O–H groups in total. The Labute approximate surface area is 217 Å². The summed E-state index contributed by atoms with van der Waals surface area (Å²) in [5, 5.41) is 4.68. The summed E-state index contributed by atoms with van der Waals surface area (Å²) in [6.07, 6.45) is 0.455. The maximum atomic E-state index is 14.3. The van der Waals surface area contributed by atoms with Gasteiger partial charge in [0.05, 0.1) is 41.3 Å². The Bertz CT molecular complexity index is 1600. The van der Waals surface area contributed by atoms with Crippen molar-refractivity contribution in [1.82, 2.24) is 34.1 Å². The van der Waals surface area contributed by atoms with E-state index in [1.54, 1.807) is 40.8 Å². The molecule has 2 aliphatic heterocycles. The van der Waals surface area contributed by atoms with Crippen LogP contribution in [0.25, 0.3) is 33.4 Å². The zero-order valence-electron chi connectivity index (χ0n) is 21.5. The van der Waals surface area contributed by atoms with Crippen molar-refractivity contribution in [3.63, 3.8) is 0 Å². The van der Waals surface area contributed by atoms with Crippen LogP contribution in [0.2, 0.25) is 0 Å². The first kappa shape index (κ1) is 24.2. The quantitative estimate of drug-likeness (QED) is 0.408. The summed E-state index contributed by atoms with van der Waals surface area (Å²) in [6, 6.07) is 6.53. The molecule has 1 aromatic carbocycles. The number of rotatable bonds is 4. The molecule has 9 nitrogen and oxygen atoms in total. The molecule has 4 aromatic rings. The number of halogens is 2. The van der Waals surface area contributed by atoms with Crippen LogP contribution in [0.15, 0.2) is 36.7 Å². The number of fused-ring (bicyclic) bond motifs is 2. The highest BCUT2D eigenvalue weighted by Gasteiger charge is 2.40. The van der Waals surface area contributed by atoms with E-state index in [1.165, 1.54) is 19.2 Å². The van der Waals surface area contributed by atoms with Gasteiger partial charge in [-0.15, -0.1) is 0 Å². The maximum absolute atomic E-state index is 14.3. The van der Waals surface area contributed by atoms with Gasteiger partial charge in [0.25, 0.3) is 6.43 Å². The van der Waals surface area contributed by atoms with Gasteiger partial charge in [-0.2, -0.15) is 5.10 Å². The molecule has 0 radical (unpaired) electrons. The number of likely N-dealkylation sites (tertiary alicyclic amines) is 1. The fraction of sp³-hybridized carbons (Fsp3) is 0.370. The number of likely N-dealkylation sites (N-methyl/N-ethyl adjacent to an activating group) is 1. The second-order valence-electron chi connectivity index (χ2n) is 10.1. The predicted molar refractivity (Wildman–Crippen MR) is 136 cm³/mol. The van der Waals surface area contributed by atoms with Gasteiger partial charge in [-0.25, -0.2) is 18.7 Å². The third-order valence-electron chi connectivity index (χ3n) is 7.59. The first-order valence-electron chi connectivity index (χ1n) is 12.5. The Morgan fingerprint density at radius 1 is 1.13 bits per heavy atom. The Hall–Kier alpha value is -4.15. The normalized spacial score (nSPS) is 17.9. The Morgan fingerprint density at radius 2 is 1.89 bits per heavy atom. The van der Waals surface area contributed by atoms with Crippen LogP contribution in [-0.4, -0.2) is 66.1 Å². The number of carbonyl (C=O) groups is 2. The molecule has 2 aliphatic rings. The smallest absolute Gasteiger partial charge is 0.265 e. The lowest BCUT2D eigenvalue weighted by atomic mass is 9.98. The molecule has 0 spiro atoms. The monoisotopic (exact) mass is 519 g/mol. The first-order valence-corrected chi connectivity index (χ1v) is 12.5. The van der Waals surface area contributed by atoms with E-state index >= 15 is 0 Å². The summed E-state index contributed by atoms with van der Waals surface area (Å²) < 4.78 is 32.1. The van der Waals surface area contributed by atoms with E-state index in [0.29, 0.717) is 47.4 Å². The van der Waals surface area contributed by atoms with Gasteiger partial charge in [0.1, 0.15) is 11.9 Å². The van der Waals surface area contributed by atoms with Gasteiger partial charge in [0.15, 0.2) is 0 Å². The van der Waals surface area contributed by atoms with Crippen molar-refractivity contribution >= 4 is 22.7 Å². The lowest BCUT2D eigenvalue weighted by Crippen LogP contribution is -2.49. The summed E-state index contributed by atoms with van der Waals surface area (Å²) in [4.78, 5) is 37.8. The molecule has 0 bridgehead atoms. The van der Waals surface area contributed by atoms with Crippen LogP contribution in [0.5, 0.6) is 0 Å². The van der Waals surface area contributed by atoms with E-state index < -0.39 is 12.5 Å². The topological polar surface area (TPSA) is 89.1 Å². The molecule has 5 heterocycles. The molecule has 1 unspecified atom stereocenters. The number of pyridine rings is 1. The van der Waals surface area contributed by atoms with Crippen molar-refractivity contribution in [2.45, 2.75) is 38.8 Å². The molecule has 3 aromatic heterocycles. The highest BCUT2D eigenvalue weighted by atomic mass is 19.3. The second kappa shape index (κ2) is 8.71. The molecule has 6 rings (SSSR count). The molecule has 1 fully saturated rings. The van der Waals surface area contributed by atoms with E-state index in [2.05, 4.69) is 10.1 Å². The number of alkyl halides is 2. The average molecular weight is 520 g/mol. The number of hydrogen-bond acceptors (Lipinski definition) is 5. The van der Waals surface area contributed by atoms with Crippen LogP contribution in [0.3, 0.4) is 0 Å². The minimum Gasteiger partial charge on any atom is -0.341 e. The standard InChI is InChI=1S/C27H27F2N7O2/c1-14-27(38)33(3)13-22-24(32-26(36(14)22)17-11-35(12-17)15(2)37)18-6-5-7-21-19(18)8-20(25(28)29)23(31-21)16-9-30-34(4)10-16/h5-10,14,17,25H,11-13H2,1-4H3. The summed E-state index contributed by atoms with van der Waals surface area (Å²) in [6.45, 7) is 4.78. The number of benzene rings is 1. The van der Waals surface area contributed by atoms with Crippen LogP contribution in [0.4, 0.5) is 8.78 Å². The van der Waals surface area contributed by atoms with Gasteiger partial charge in [-0.3, -0.25) is 14.3 Å². The SMILES string of the molecule is CC(=O)N1CC(c2nc(-c3cccc4nc(-c5cnn(C)c5)c(C(F)F)cc34)c3n2C(C)C(=O)N(C)C3)C1. The number of nitrogens with zero attached hydrogens (tertiary/aromatic N) is 7. The van der Waals surface area contributed by atoms with Gasteiger partial charge >= 0.3 is 0 Å². The van der Waals surface area contributed by atoms with E-state index in [9.17, 15) is 18.4 Å². The second-order valence-corrected chi connectivity index (χ2v) is 10.1. The van der Waals surface area contributed by atoms with Gasteiger partial charge in [0.2, 0.25) is 11.8 Å². The van der Waals surface area contributed by atoms with Crippen LogP contribution in [0.1, 0.15) is 49.3 Å². The number of aryl methyl sites for hydroxylation is 1. The molecule has 11 heteroatoms. The number of amides is 2. The number of hydrogen-bond donors (Lipinski definition) is 0. The Balaban J connectivity index is 1.55. The Kier molecular flexibility index (Phi) is 5.55. The fourth-order valence-electron chi connectivity index (χ4n) is 5.56. The van der Waals surface area contributed by atoms with Crippen molar-refractivity contribution < 1.29 is 18.4 Å². The maximum Gasteiger partial charge on any atom is 0.265 e. The van der Waals surface area contributed by atoms with Crippen LogP contribution >= 0.6 is 0 Å². The van der Waals surface area contributed by atoms with E-state index in [0.717, 1.165) is 11.5 Å². The van der Waals surface area contributed by atoms with Crippen molar-refractivity contribution in [3.05, 3.63) is 53.7 Å². The van der Waals surface area contributed by atoms with Gasteiger partial charge in [-0.05, 0) is 19.1 Å². The summed E-state index contributed by atoms with van der Waals surface area (Å²) in [5.74, 6) is 0.713. The molecule has 1 atom stereocenters. The molecule has 196 valence electrons. The predicted octanol–water partition coefficient (Wildman–Crippen LogP) is 3.92. The van der Waals surface area contributed by atoms with Crippen LogP contribution < -0.4 is 0 Å². The number of imidazole rings is 1. The van der Waals surface area contributed by atoms with Crippen molar-refractivity contribution in [3.8, 4) is 22.5 Å². The van der Waals surface area contributed by atoms with Gasteiger partial charge in [-0.1, -0.05) is 12.1 Å². The van der Waals surface area contributed by atoms with Crippen LogP contribution in [-0.2, 0) is 23.2 Å². The van der Waals surface area contributed by atoms with Crippen molar-refractivity contribution in [1.29, 1.82) is 0 Å². The molecule has 0 aliphatic carbocycles. The minimum atomic E-state index is -2.74. The van der Waals surface area contributed by atoms with Crippen LogP contribution in [0, 0.1) is 0 Å². The van der Waals surface area contributed by atoms with Crippen molar-refractivity contribution in [2.75, 3.05) is 20.1 Å². The average Bonchev–Trinajstić information content (AvgIpc) is 3.44. The lowest BCUT2D eigenvalue weighted by Gasteiger charge is -2.40. The first-order chi connectivity index (χ1) is 18.1. The van der Waals surface area contributed by atoms with Gasteiger partial charge < -0.3 is 14.4 Å². The third-order valence-corrected chi connectivity index (χ3v) is 7.59. The Morgan fingerprint density at radius 3 is 2.55 bits per heavy atom. The van der Waals surface area contributed by atoms with E-state index in [4.69, 9.17) is 4.98 Å². The highest BCUT2D eigenvalue weighted by Crippen LogP contribution is 2.41. The summed E-state index contributed by atoms with van der Waals surface area (Å²) >= 11 is 0. The highest BCUT2D eigenvalue weighted by molar-refractivity contribution is 5.96. The molecule has 1 saturated heterocycles. The largest absolute Gasteiger partial charge is 0.341 e.